The Bertz CT molecular complexity index is 488. The van der Waals surface area contributed by atoms with Crippen LogP contribution in [0.5, 0.6) is 5.75 Å². The average molecular weight is 327 g/mol. The second-order valence-electron chi connectivity index (χ2n) is 5.58. The molecule has 1 aliphatic rings. The lowest BCUT2D eigenvalue weighted by molar-refractivity contribution is -0.125. The van der Waals surface area contributed by atoms with Crippen LogP contribution in [0.2, 0.25) is 0 Å². The second kappa shape index (κ2) is 5.51. The molecule has 0 aliphatic carbocycles. The molecule has 1 aliphatic heterocycles. The molecule has 4 nitrogen and oxygen atoms in total. The maximum absolute atomic E-state index is 11.2. The zero-order valence-electron chi connectivity index (χ0n) is 11.2. The third kappa shape index (κ3) is 3.48. The summed E-state index contributed by atoms with van der Waals surface area (Å²) in [5.41, 5.74) is 6.02. The van der Waals surface area contributed by atoms with Crippen LogP contribution in [0.25, 0.3) is 0 Å². The molecule has 1 aromatic carbocycles. The molecule has 19 heavy (non-hydrogen) atoms. The average Bonchev–Trinajstić information content (AvgIpc) is 2.70. The van der Waals surface area contributed by atoms with Crippen LogP contribution in [0.4, 0.5) is 0 Å². The number of nitrogens with two attached hydrogens (primary N) is 1. The minimum atomic E-state index is -0.533. The van der Waals surface area contributed by atoms with Crippen LogP contribution in [0.1, 0.15) is 19.4 Å². The molecule has 1 atom stereocenters. The fraction of sp³-hybridized carbons (Fsp3) is 0.500. The van der Waals surface area contributed by atoms with Gasteiger partial charge in [0.15, 0.2) is 0 Å². The van der Waals surface area contributed by atoms with E-state index in [1.807, 2.05) is 26.0 Å². The van der Waals surface area contributed by atoms with Gasteiger partial charge in [0.1, 0.15) is 11.9 Å². The number of hydrogen-bond acceptors (Lipinski definition) is 3. The molecule has 0 saturated heterocycles. The number of primary amides is 1. The van der Waals surface area contributed by atoms with Crippen molar-refractivity contribution in [2.24, 2.45) is 11.1 Å². The highest BCUT2D eigenvalue weighted by atomic mass is 79.9. The van der Waals surface area contributed by atoms with E-state index in [2.05, 4.69) is 27.3 Å². The van der Waals surface area contributed by atoms with Crippen molar-refractivity contribution in [1.82, 2.24) is 5.32 Å². The third-order valence-electron chi connectivity index (χ3n) is 3.37. The van der Waals surface area contributed by atoms with Gasteiger partial charge in [-0.15, -0.1) is 0 Å². The van der Waals surface area contributed by atoms with E-state index in [9.17, 15) is 4.79 Å². The summed E-state index contributed by atoms with van der Waals surface area (Å²) in [6.45, 7) is 4.94. The smallest absolute Gasteiger partial charge is 0.224 e. The lowest BCUT2D eigenvalue weighted by Gasteiger charge is -2.22. The van der Waals surface area contributed by atoms with Crippen molar-refractivity contribution in [1.29, 1.82) is 0 Å². The van der Waals surface area contributed by atoms with E-state index in [-0.39, 0.29) is 12.0 Å². The van der Waals surface area contributed by atoms with Crippen molar-refractivity contribution >= 4 is 21.8 Å². The first-order chi connectivity index (χ1) is 8.88. The number of benzene rings is 1. The SMILES string of the molecule is CC(C)(CNCC1Cc2cc(Br)ccc2O1)C(N)=O. The topological polar surface area (TPSA) is 64.3 Å². The fourth-order valence-corrected chi connectivity index (χ4v) is 2.44. The minimum Gasteiger partial charge on any atom is -0.488 e. The molecule has 0 fully saturated rings. The van der Waals surface area contributed by atoms with Gasteiger partial charge in [-0.05, 0) is 37.6 Å². The van der Waals surface area contributed by atoms with Crippen LogP contribution in [0, 0.1) is 5.41 Å². The highest BCUT2D eigenvalue weighted by molar-refractivity contribution is 9.10. The standard InChI is InChI=1S/C14H19BrN2O2/c1-14(2,13(16)18)8-17-7-11-6-9-5-10(15)3-4-12(9)19-11/h3-5,11,17H,6-8H2,1-2H3,(H2,16,18). The van der Waals surface area contributed by atoms with E-state index in [0.29, 0.717) is 13.1 Å². The number of hydrogen-bond donors (Lipinski definition) is 2. The third-order valence-corrected chi connectivity index (χ3v) is 3.86. The van der Waals surface area contributed by atoms with E-state index < -0.39 is 5.41 Å². The molecule has 1 amide bonds. The number of rotatable bonds is 5. The van der Waals surface area contributed by atoms with E-state index in [1.54, 1.807) is 0 Å². The molecule has 0 spiro atoms. The van der Waals surface area contributed by atoms with Gasteiger partial charge in [-0.2, -0.15) is 0 Å². The molecule has 0 saturated carbocycles. The lowest BCUT2D eigenvalue weighted by Crippen LogP contribution is -2.43. The molecule has 0 radical (unpaired) electrons. The summed E-state index contributed by atoms with van der Waals surface area (Å²) >= 11 is 3.46. The maximum Gasteiger partial charge on any atom is 0.224 e. The van der Waals surface area contributed by atoms with Gasteiger partial charge in [-0.1, -0.05) is 15.9 Å². The van der Waals surface area contributed by atoms with E-state index in [1.165, 1.54) is 5.56 Å². The summed E-state index contributed by atoms with van der Waals surface area (Å²) in [6, 6.07) is 6.04. The molecule has 3 N–H and O–H groups in total. The van der Waals surface area contributed by atoms with Gasteiger partial charge in [0.2, 0.25) is 5.91 Å². The number of fused-ring (bicyclic) bond motifs is 1. The van der Waals surface area contributed by atoms with Crippen molar-refractivity contribution in [3.05, 3.63) is 28.2 Å². The summed E-state index contributed by atoms with van der Waals surface area (Å²) in [7, 11) is 0. The van der Waals surface area contributed by atoms with Gasteiger partial charge in [0.25, 0.3) is 0 Å². The fourth-order valence-electron chi connectivity index (χ4n) is 2.04. The van der Waals surface area contributed by atoms with Gasteiger partial charge in [0.05, 0.1) is 5.41 Å². The van der Waals surface area contributed by atoms with Crippen molar-refractivity contribution in [2.45, 2.75) is 26.4 Å². The Morgan fingerprint density at radius 3 is 3.00 bits per heavy atom. The summed E-state index contributed by atoms with van der Waals surface area (Å²) in [6.07, 6.45) is 1.01. The van der Waals surface area contributed by atoms with E-state index in [0.717, 1.165) is 16.6 Å². The Labute approximate surface area is 121 Å². The molecule has 0 bridgehead atoms. The number of nitrogens with one attached hydrogen (secondary N) is 1. The molecule has 1 unspecified atom stereocenters. The number of carbonyl (C=O) groups is 1. The van der Waals surface area contributed by atoms with Gasteiger partial charge in [-0.3, -0.25) is 4.79 Å². The zero-order chi connectivity index (χ0) is 14.0. The van der Waals surface area contributed by atoms with Crippen LogP contribution in [0.3, 0.4) is 0 Å². The molecule has 104 valence electrons. The van der Waals surface area contributed by atoms with Crippen LogP contribution in [-0.4, -0.2) is 25.1 Å². The summed E-state index contributed by atoms with van der Waals surface area (Å²) < 4.78 is 6.91. The molecule has 1 aromatic rings. The Morgan fingerprint density at radius 1 is 1.58 bits per heavy atom. The van der Waals surface area contributed by atoms with Crippen LogP contribution in [0.15, 0.2) is 22.7 Å². The summed E-state index contributed by atoms with van der Waals surface area (Å²) in [5.74, 6) is 0.656. The molecule has 5 heteroatoms. The number of carbonyl (C=O) groups excluding carboxylic acids is 1. The minimum absolute atomic E-state index is 0.118. The molecule has 1 heterocycles. The predicted octanol–water partition coefficient (Wildman–Crippen LogP) is 1.85. The second-order valence-corrected chi connectivity index (χ2v) is 6.49. The first-order valence-electron chi connectivity index (χ1n) is 6.34. The van der Waals surface area contributed by atoms with Gasteiger partial charge < -0.3 is 15.8 Å². The normalized spacial score (nSPS) is 17.9. The predicted molar refractivity (Wildman–Crippen MR) is 78.1 cm³/mol. The van der Waals surface area contributed by atoms with Gasteiger partial charge in [0, 0.05) is 24.0 Å². The van der Waals surface area contributed by atoms with Crippen LogP contribution in [-0.2, 0) is 11.2 Å². The summed E-state index contributed by atoms with van der Waals surface area (Å²) in [4.78, 5) is 11.2. The molecule has 0 aromatic heterocycles. The quantitative estimate of drug-likeness (QED) is 0.868. The van der Waals surface area contributed by atoms with Crippen LogP contribution < -0.4 is 15.8 Å². The maximum atomic E-state index is 11.2. The zero-order valence-corrected chi connectivity index (χ0v) is 12.8. The number of amides is 1. The Balaban J connectivity index is 1.83. The van der Waals surface area contributed by atoms with E-state index >= 15 is 0 Å². The lowest BCUT2D eigenvalue weighted by atomic mass is 9.93. The Morgan fingerprint density at radius 2 is 2.32 bits per heavy atom. The highest BCUT2D eigenvalue weighted by Gasteiger charge is 2.26. The van der Waals surface area contributed by atoms with Crippen LogP contribution >= 0.6 is 15.9 Å². The van der Waals surface area contributed by atoms with Crippen molar-refractivity contribution < 1.29 is 9.53 Å². The van der Waals surface area contributed by atoms with Crippen molar-refractivity contribution in [3.8, 4) is 5.75 Å². The molecular weight excluding hydrogens is 308 g/mol. The van der Waals surface area contributed by atoms with Gasteiger partial charge >= 0.3 is 0 Å². The highest BCUT2D eigenvalue weighted by Crippen LogP contribution is 2.31. The number of ether oxygens (including phenoxy) is 1. The number of halogens is 1. The molecule has 2 rings (SSSR count). The Hall–Kier alpha value is -1.07. The van der Waals surface area contributed by atoms with Crippen molar-refractivity contribution in [3.63, 3.8) is 0 Å². The first-order valence-corrected chi connectivity index (χ1v) is 7.13. The monoisotopic (exact) mass is 326 g/mol. The largest absolute Gasteiger partial charge is 0.488 e. The summed E-state index contributed by atoms with van der Waals surface area (Å²) in [5, 5.41) is 3.26. The van der Waals surface area contributed by atoms with Gasteiger partial charge in [-0.25, -0.2) is 0 Å². The van der Waals surface area contributed by atoms with Crippen molar-refractivity contribution in [2.75, 3.05) is 13.1 Å². The van der Waals surface area contributed by atoms with E-state index in [4.69, 9.17) is 10.5 Å². The first kappa shape index (κ1) is 14.3. The Kier molecular flexibility index (Phi) is 4.16. The molecular formula is C14H19BrN2O2.